The fourth-order valence-electron chi connectivity index (χ4n) is 4.08. The number of halogens is 2. The molecule has 3 aromatic rings. The minimum atomic E-state index is -0.555. The van der Waals surface area contributed by atoms with Crippen LogP contribution in [0.4, 0.5) is 0 Å². The van der Waals surface area contributed by atoms with E-state index in [9.17, 15) is 5.26 Å². The highest BCUT2D eigenvalue weighted by molar-refractivity contribution is 6.32. The maximum Gasteiger partial charge on any atom is 0.231 e. The Bertz CT molecular complexity index is 1370. The first-order valence-electron chi connectivity index (χ1n) is 10.8. The van der Waals surface area contributed by atoms with Gasteiger partial charge in [0.25, 0.3) is 0 Å². The molecule has 0 saturated heterocycles. The van der Waals surface area contributed by atoms with E-state index in [1.807, 2.05) is 25.1 Å². The van der Waals surface area contributed by atoms with Crippen LogP contribution in [0.3, 0.4) is 0 Å². The molecule has 9 heteroatoms. The molecule has 2 heterocycles. The minimum absolute atomic E-state index is 0.0148. The van der Waals surface area contributed by atoms with Gasteiger partial charge >= 0.3 is 0 Å². The number of hydrogen-bond acceptors (Lipinski definition) is 7. The van der Waals surface area contributed by atoms with E-state index >= 15 is 0 Å². The molecule has 1 atom stereocenters. The molecule has 3 aromatic carbocycles. The topological polar surface area (TPSA) is 96.0 Å². The summed E-state index contributed by atoms with van der Waals surface area (Å²) in [5.41, 5.74) is 8.71. The zero-order valence-electron chi connectivity index (χ0n) is 18.6. The molecular formula is C26H20Cl2N2O5. The van der Waals surface area contributed by atoms with Crippen molar-refractivity contribution >= 4 is 23.2 Å². The molecule has 0 unspecified atom stereocenters. The number of nitrogens with zero attached hydrogens (tertiary/aromatic N) is 1. The predicted molar refractivity (Wildman–Crippen MR) is 130 cm³/mol. The van der Waals surface area contributed by atoms with Crippen LogP contribution in [0.2, 0.25) is 10.0 Å². The van der Waals surface area contributed by atoms with Gasteiger partial charge in [-0.3, -0.25) is 0 Å². The highest BCUT2D eigenvalue weighted by atomic mass is 35.5. The van der Waals surface area contributed by atoms with E-state index in [0.717, 1.165) is 5.56 Å². The lowest BCUT2D eigenvalue weighted by Gasteiger charge is -2.27. The van der Waals surface area contributed by atoms with Crippen molar-refractivity contribution in [2.45, 2.75) is 19.4 Å². The Morgan fingerprint density at radius 2 is 1.77 bits per heavy atom. The van der Waals surface area contributed by atoms with Crippen LogP contribution < -0.4 is 29.4 Å². The summed E-state index contributed by atoms with van der Waals surface area (Å²) in [4.78, 5) is 0. The van der Waals surface area contributed by atoms with Gasteiger partial charge in [-0.25, -0.2) is 0 Å². The third-order valence-electron chi connectivity index (χ3n) is 5.67. The van der Waals surface area contributed by atoms with E-state index in [4.69, 9.17) is 52.6 Å². The number of nitrogens with two attached hydrogens (primary N) is 1. The van der Waals surface area contributed by atoms with Gasteiger partial charge in [-0.2, -0.15) is 5.26 Å². The Hall–Kier alpha value is -3.73. The van der Waals surface area contributed by atoms with Gasteiger partial charge in [0.1, 0.15) is 24.0 Å². The quantitative estimate of drug-likeness (QED) is 0.439. The number of allylic oxidation sites excluding steroid dienone is 1. The van der Waals surface area contributed by atoms with Crippen LogP contribution >= 0.6 is 23.2 Å². The molecule has 5 rings (SSSR count). The van der Waals surface area contributed by atoms with Crippen molar-refractivity contribution in [3.8, 4) is 34.8 Å². The van der Waals surface area contributed by atoms with Crippen LogP contribution in [0.25, 0.3) is 0 Å². The van der Waals surface area contributed by atoms with Gasteiger partial charge in [-0.1, -0.05) is 35.3 Å². The summed E-state index contributed by atoms with van der Waals surface area (Å²) in [6, 6.07) is 16.6. The Balaban J connectivity index is 1.56. The van der Waals surface area contributed by atoms with E-state index in [1.54, 1.807) is 30.3 Å². The molecule has 0 fully saturated rings. The Kier molecular flexibility index (Phi) is 6.25. The second-order valence-corrected chi connectivity index (χ2v) is 8.69. The first kappa shape index (κ1) is 23.0. The molecule has 0 saturated carbocycles. The van der Waals surface area contributed by atoms with Crippen molar-refractivity contribution in [2.75, 3.05) is 13.4 Å². The number of fused-ring (bicyclic) bond motifs is 2. The summed E-state index contributed by atoms with van der Waals surface area (Å²) in [6.07, 6.45) is 0. The van der Waals surface area contributed by atoms with Crippen LogP contribution in [-0.4, -0.2) is 13.4 Å². The summed E-state index contributed by atoms with van der Waals surface area (Å²) in [5.74, 6) is 1.91. The van der Waals surface area contributed by atoms with Gasteiger partial charge < -0.3 is 29.4 Å². The first-order valence-corrected chi connectivity index (χ1v) is 11.6. The predicted octanol–water partition coefficient (Wildman–Crippen LogP) is 5.92. The molecular weight excluding hydrogens is 491 g/mol. The minimum Gasteiger partial charge on any atom is -0.490 e. The molecule has 7 nitrogen and oxygen atoms in total. The van der Waals surface area contributed by atoms with E-state index < -0.39 is 5.92 Å². The molecule has 0 radical (unpaired) electrons. The van der Waals surface area contributed by atoms with E-state index in [2.05, 4.69) is 6.07 Å². The van der Waals surface area contributed by atoms with E-state index in [1.165, 1.54) is 0 Å². The second kappa shape index (κ2) is 9.49. The zero-order chi connectivity index (χ0) is 24.5. The van der Waals surface area contributed by atoms with Crippen molar-refractivity contribution in [3.63, 3.8) is 0 Å². The maximum atomic E-state index is 9.92. The van der Waals surface area contributed by atoms with E-state index in [-0.39, 0.29) is 24.9 Å². The van der Waals surface area contributed by atoms with Gasteiger partial charge in [0, 0.05) is 16.7 Å². The van der Waals surface area contributed by atoms with Gasteiger partial charge in [0.15, 0.2) is 23.0 Å². The van der Waals surface area contributed by atoms with Crippen molar-refractivity contribution in [1.29, 1.82) is 5.26 Å². The number of nitriles is 1. The molecule has 0 bridgehead atoms. The smallest absolute Gasteiger partial charge is 0.231 e. The van der Waals surface area contributed by atoms with Gasteiger partial charge in [-0.15, -0.1) is 0 Å². The molecule has 0 spiro atoms. The largest absolute Gasteiger partial charge is 0.490 e. The monoisotopic (exact) mass is 510 g/mol. The Morgan fingerprint density at radius 1 is 1.03 bits per heavy atom. The van der Waals surface area contributed by atoms with Crippen molar-refractivity contribution in [2.24, 2.45) is 5.73 Å². The third-order valence-corrected chi connectivity index (χ3v) is 6.20. The molecule has 2 N–H and O–H groups in total. The molecule has 0 amide bonds. The van der Waals surface area contributed by atoms with Crippen LogP contribution in [0, 0.1) is 11.3 Å². The van der Waals surface area contributed by atoms with Crippen molar-refractivity contribution in [3.05, 3.63) is 86.7 Å². The molecule has 0 aliphatic carbocycles. The Labute approximate surface area is 212 Å². The number of hydrogen-bond donors (Lipinski definition) is 1. The summed E-state index contributed by atoms with van der Waals surface area (Å²) in [6.45, 7) is 2.64. The first-order chi connectivity index (χ1) is 17.0. The van der Waals surface area contributed by atoms with Gasteiger partial charge in [-0.05, 0) is 48.4 Å². The van der Waals surface area contributed by atoms with Crippen LogP contribution in [0.1, 0.15) is 29.5 Å². The fourth-order valence-corrected chi connectivity index (χ4v) is 4.48. The normalized spacial score (nSPS) is 15.8. The lowest BCUT2D eigenvalue weighted by molar-refractivity contribution is 0.174. The zero-order valence-corrected chi connectivity index (χ0v) is 20.2. The summed E-state index contributed by atoms with van der Waals surface area (Å²) >= 11 is 12.7. The molecule has 35 heavy (non-hydrogen) atoms. The molecule has 2 aliphatic rings. The lowest BCUT2D eigenvalue weighted by Crippen LogP contribution is -2.21. The third kappa shape index (κ3) is 4.39. The molecule has 2 aliphatic heterocycles. The van der Waals surface area contributed by atoms with Crippen molar-refractivity contribution < 1.29 is 23.7 Å². The summed E-state index contributed by atoms with van der Waals surface area (Å²) < 4.78 is 28.7. The number of rotatable bonds is 6. The molecule has 178 valence electrons. The van der Waals surface area contributed by atoms with Gasteiger partial charge in [0.2, 0.25) is 12.7 Å². The summed E-state index contributed by atoms with van der Waals surface area (Å²) in [5, 5.41) is 10.9. The van der Waals surface area contributed by atoms with E-state index in [0.29, 0.717) is 56.5 Å². The average molecular weight is 511 g/mol. The number of ether oxygens (including phenoxy) is 5. The van der Waals surface area contributed by atoms with Gasteiger partial charge in [0.05, 0.1) is 17.5 Å². The highest BCUT2D eigenvalue weighted by Crippen LogP contribution is 2.50. The van der Waals surface area contributed by atoms with Crippen molar-refractivity contribution in [1.82, 2.24) is 0 Å². The maximum absolute atomic E-state index is 9.92. The number of benzene rings is 3. The fraction of sp³-hybridized carbons (Fsp3) is 0.192. The lowest BCUT2D eigenvalue weighted by atomic mass is 9.83. The van der Waals surface area contributed by atoms with Crippen LogP contribution in [0.15, 0.2) is 60.0 Å². The Morgan fingerprint density at radius 3 is 2.49 bits per heavy atom. The second-order valence-electron chi connectivity index (χ2n) is 7.85. The average Bonchev–Trinajstić information content (AvgIpc) is 3.30. The standard InChI is InChI=1S/C26H20Cl2N2O5/c1-2-31-23-8-15(7-19(28)25(23)32-12-14-3-5-16(27)6-4-14)24-17-9-21-22(34-13-33-21)10-20(17)35-26(30)18(24)11-29/h3-10,24H,2,12-13,30H2,1H3/t24-/m1/s1. The SMILES string of the molecule is CCOc1cc([C@H]2C(C#N)=C(N)Oc3cc4c(cc32)OCO4)cc(Cl)c1OCc1ccc(Cl)cc1. The van der Waals surface area contributed by atoms with Crippen LogP contribution in [0.5, 0.6) is 28.7 Å². The summed E-state index contributed by atoms with van der Waals surface area (Å²) in [7, 11) is 0. The molecule has 0 aromatic heterocycles. The van der Waals surface area contributed by atoms with Crippen LogP contribution in [-0.2, 0) is 6.61 Å². The highest BCUT2D eigenvalue weighted by Gasteiger charge is 2.34.